The van der Waals surface area contributed by atoms with Gasteiger partial charge in [0.25, 0.3) is 0 Å². The standard InChI is InChI=1S/C21H20N4OS/c1-13-4-3-5-14(2)19(13)15-6-7-17-18(10-15)27-21(23-17)24-20(26)16-8-9-25(11-16)12-22/h3-7,10,16H,8-9,11H2,1-2H3,(H,23,24,26)/t16-/m0/s1. The van der Waals surface area contributed by atoms with Crippen molar-refractivity contribution in [3.8, 4) is 17.3 Å². The lowest BCUT2D eigenvalue weighted by atomic mass is 9.96. The maximum Gasteiger partial charge on any atom is 0.231 e. The minimum atomic E-state index is -0.151. The third-order valence-corrected chi connectivity index (χ3v) is 6.02. The van der Waals surface area contributed by atoms with Crippen LogP contribution in [0, 0.1) is 31.2 Å². The van der Waals surface area contributed by atoms with Crippen molar-refractivity contribution < 1.29 is 4.79 Å². The zero-order valence-corrected chi connectivity index (χ0v) is 16.1. The minimum Gasteiger partial charge on any atom is -0.310 e. The van der Waals surface area contributed by atoms with Crippen LogP contribution in [0.2, 0.25) is 0 Å². The third-order valence-electron chi connectivity index (χ3n) is 5.09. The van der Waals surface area contributed by atoms with Crippen molar-refractivity contribution in [2.75, 3.05) is 18.4 Å². The molecule has 1 saturated heterocycles. The number of likely N-dealkylation sites (tertiary alicyclic amines) is 1. The molecule has 0 bridgehead atoms. The van der Waals surface area contributed by atoms with E-state index in [4.69, 9.17) is 5.26 Å². The molecule has 2 heterocycles. The van der Waals surface area contributed by atoms with E-state index in [0.29, 0.717) is 24.6 Å². The number of hydrogen-bond donors (Lipinski definition) is 1. The van der Waals surface area contributed by atoms with Crippen molar-refractivity contribution >= 4 is 32.6 Å². The molecule has 3 aromatic rings. The van der Waals surface area contributed by atoms with Crippen LogP contribution in [0.1, 0.15) is 17.5 Å². The predicted molar refractivity (Wildman–Crippen MR) is 108 cm³/mol. The molecule has 136 valence electrons. The monoisotopic (exact) mass is 376 g/mol. The van der Waals surface area contributed by atoms with Crippen LogP contribution in [-0.4, -0.2) is 28.9 Å². The van der Waals surface area contributed by atoms with Gasteiger partial charge < -0.3 is 10.2 Å². The molecule has 1 fully saturated rings. The summed E-state index contributed by atoms with van der Waals surface area (Å²) in [7, 11) is 0. The minimum absolute atomic E-state index is 0.0539. The summed E-state index contributed by atoms with van der Waals surface area (Å²) in [4.78, 5) is 18.6. The first-order chi connectivity index (χ1) is 13.0. The molecule has 4 rings (SSSR count). The van der Waals surface area contributed by atoms with Crippen LogP contribution >= 0.6 is 11.3 Å². The zero-order valence-electron chi connectivity index (χ0n) is 15.3. The molecular formula is C21H20N4OS. The highest BCUT2D eigenvalue weighted by molar-refractivity contribution is 7.22. The second-order valence-electron chi connectivity index (χ2n) is 6.99. The van der Waals surface area contributed by atoms with E-state index in [-0.39, 0.29) is 11.8 Å². The summed E-state index contributed by atoms with van der Waals surface area (Å²) in [6, 6.07) is 12.6. The number of amides is 1. The number of nitrogens with zero attached hydrogens (tertiary/aromatic N) is 3. The van der Waals surface area contributed by atoms with Gasteiger partial charge in [0.15, 0.2) is 11.3 Å². The molecule has 0 spiro atoms. The van der Waals surface area contributed by atoms with Crippen LogP contribution in [0.4, 0.5) is 5.13 Å². The number of carbonyl (C=O) groups is 1. The predicted octanol–water partition coefficient (Wildman–Crippen LogP) is 4.32. The van der Waals surface area contributed by atoms with Crippen molar-refractivity contribution in [3.63, 3.8) is 0 Å². The highest BCUT2D eigenvalue weighted by atomic mass is 32.1. The summed E-state index contributed by atoms with van der Waals surface area (Å²) < 4.78 is 1.05. The molecule has 1 amide bonds. The maximum absolute atomic E-state index is 12.5. The molecule has 1 aliphatic heterocycles. The molecule has 27 heavy (non-hydrogen) atoms. The molecule has 5 nitrogen and oxygen atoms in total. The summed E-state index contributed by atoms with van der Waals surface area (Å²) in [6.45, 7) is 5.38. The van der Waals surface area contributed by atoms with Gasteiger partial charge >= 0.3 is 0 Å². The lowest BCUT2D eigenvalue weighted by Crippen LogP contribution is -2.25. The number of nitrogens with one attached hydrogen (secondary N) is 1. The van der Waals surface area contributed by atoms with Gasteiger partial charge in [0.05, 0.1) is 16.1 Å². The Kier molecular flexibility index (Phi) is 4.54. The average Bonchev–Trinajstić information content (AvgIpc) is 3.27. The average molecular weight is 376 g/mol. The van der Waals surface area contributed by atoms with Crippen LogP contribution in [0.5, 0.6) is 0 Å². The van der Waals surface area contributed by atoms with Crippen molar-refractivity contribution in [2.24, 2.45) is 5.92 Å². The maximum atomic E-state index is 12.5. The van der Waals surface area contributed by atoms with Crippen molar-refractivity contribution in [3.05, 3.63) is 47.5 Å². The van der Waals surface area contributed by atoms with Gasteiger partial charge in [-0.3, -0.25) is 4.79 Å². The number of nitriles is 1. The zero-order chi connectivity index (χ0) is 19.0. The normalized spacial score (nSPS) is 16.5. The molecule has 6 heteroatoms. The van der Waals surface area contributed by atoms with E-state index < -0.39 is 0 Å². The Morgan fingerprint density at radius 3 is 2.78 bits per heavy atom. The molecule has 0 aliphatic carbocycles. The smallest absolute Gasteiger partial charge is 0.231 e. The van der Waals surface area contributed by atoms with Gasteiger partial charge in [-0.15, -0.1) is 0 Å². The number of fused-ring (bicyclic) bond motifs is 1. The Morgan fingerprint density at radius 1 is 1.30 bits per heavy atom. The first-order valence-corrected chi connectivity index (χ1v) is 9.79. The van der Waals surface area contributed by atoms with Crippen LogP contribution in [-0.2, 0) is 4.79 Å². The Bertz CT molecular complexity index is 1050. The summed E-state index contributed by atoms with van der Waals surface area (Å²) in [5.74, 6) is -0.205. The fourth-order valence-electron chi connectivity index (χ4n) is 3.68. The Labute approximate surface area is 162 Å². The summed E-state index contributed by atoms with van der Waals surface area (Å²) in [5, 5.41) is 12.5. The summed E-state index contributed by atoms with van der Waals surface area (Å²) >= 11 is 1.49. The number of hydrogen-bond acceptors (Lipinski definition) is 5. The van der Waals surface area contributed by atoms with E-state index in [1.165, 1.54) is 33.6 Å². The van der Waals surface area contributed by atoms with E-state index in [1.807, 2.05) is 6.07 Å². The highest BCUT2D eigenvalue weighted by Gasteiger charge is 2.28. The molecule has 1 aromatic heterocycles. The first kappa shape index (κ1) is 17.5. The first-order valence-electron chi connectivity index (χ1n) is 8.98. The Morgan fingerprint density at radius 2 is 2.07 bits per heavy atom. The van der Waals surface area contributed by atoms with Gasteiger partial charge in [0.2, 0.25) is 5.91 Å². The quantitative estimate of drug-likeness (QED) is 0.691. The Balaban J connectivity index is 1.58. The van der Waals surface area contributed by atoms with Crippen LogP contribution in [0.25, 0.3) is 21.3 Å². The van der Waals surface area contributed by atoms with E-state index in [9.17, 15) is 4.79 Å². The number of aryl methyl sites for hydroxylation is 2. The van der Waals surface area contributed by atoms with Crippen molar-refractivity contribution in [1.29, 1.82) is 5.26 Å². The van der Waals surface area contributed by atoms with E-state index in [1.54, 1.807) is 4.90 Å². The molecule has 1 atom stereocenters. The van der Waals surface area contributed by atoms with Crippen molar-refractivity contribution in [1.82, 2.24) is 9.88 Å². The molecule has 0 radical (unpaired) electrons. The van der Waals surface area contributed by atoms with E-state index in [2.05, 4.69) is 60.7 Å². The number of aromatic nitrogens is 1. The van der Waals surface area contributed by atoms with Crippen molar-refractivity contribution in [2.45, 2.75) is 20.3 Å². The largest absolute Gasteiger partial charge is 0.310 e. The molecule has 0 saturated carbocycles. The lowest BCUT2D eigenvalue weighted by molar-refractivity contribution is -0.119. The van der Waals surface area contributed by atoms with E-state index in [0.717, 1.165) is 10.2 Å². The van der Waals surface area contributed by atoms with Crippen LogP contribution in [0.15, 0.2) is 36.4 Å². The third kappa shape index (κ3) is 3.38. The van der Waals surface area contributed by atoms with Gasteiger partial charge in [-0.2, -0.15) is 5.26 Å². The van der Waals surface area contributed by atoms with Gasteiger partial charge in [-0.05, 0) is 54.7 Å². The molecular weight excluding hydrogens is 356 g/mol. The molecule has 0 unspecified atom stereocenters. The fraction of sp³-hybridized carbons (Fsp3) is 0.286. The summed E-state index contributed by atoms with van der Waals surface area (Å²) in [5.41, 5.74) is 5.79. The SMILES string of the molecule is Cc1cccc(C)c1-c1ccc2nc(NC(=O)[C@H]3CCN(C#N)C3)sc2c1. The number of rotatable bonds is 3. The molecule has 2 aromatic carbocycles. The molecule has 1 aliphatic rings. The lowest BCUT2D eigenvalue weighted by Gasteiger charge is -2.09. The van der Waals surface area contributed by atoms with Gasteiger partial charge in [0, 0.05) is 13.1 Å². The van der Waals surface area contributed by atoms with Gasteiger partial charge in [-0.1, -0.05) is 35.6 Å². The highest BCUT2D eigenvalue weighted by Crippen LogP contribution is 2.33. The second-order valence-corrected chi connectivity index (χ2v) is 8.02. The summed E-state index contributed by atoms with van der Waals surface area (Å²) in [6.07, 6.45) is 2.81. The number of carbonyl (C=O) groups excluding carboxylic acids is 1. The van der Waals surface area contributed by atoms with Crippen LogP contribution in [0.3, 0.4) is 0 Å². The van der Waals surface area contributed by atoms with E-state index >= 15 is 0 Å². The number of thiazole rings is 1. The van der Waals surface area contributed by atoms with Gasteiger partial charge in [0.1, 0.15) is 0 Å². The van der Waals surface area contributed by atoms with Crippen LogP contribution < -0.4 is 5.32 Å². The Hall–Kier alpha value is -2.91. The second kappa shape index (κ2) is 7.01. The topological polar surface area (TPSA) is 69.0 Å². The molecule has 1 N–H and O–H groups in total. The number of benzene rings is 2. The van der Waals surface area contributed by atoms with Gasteiger partial charge in [-0.25, -0.2) is 4.98 Å². The fourth-order valence-corrected chi connectivity index (χ4v) is 4.58. The number of anilines is 1.